The van der Waals surface area contributed by atoms with E-state index in [0.29, 0.717) is 16.3 Å². The fourth-order valence-corrected chi connectivity index (χ4v) is 3.46. The summed E-state index contributed by atoms with van der Waals surface area (Å²) in [6.45, 7) is 0.194. The van der Waals surface area contributed by atoms with Gasteiger partial charge < -0.3 is 9.88 Å². The number of benzene rings is 2. The second-order valence-corrected chi connectivity index (χ2v) is 7.24. The van der Waals surface area contributed by atoms with Gasteiger partial charge in [-0.1, -0.05) is 29.8 Å². The van der Waals surface area contributed by atoms with Gasteiger partial charge in [-0.05, 0) is 53.1 Å². The number of nitrogens with one attached hydrogen (secondary N) is 1. The number of amides is 1. The first-order chi connectivity index (χ1) is 14.6. The Bertz CT molecular complexity index is 1110. The molecule has 1 N–H and O–H groups in total. The number of anilines is 1. The lowest BCUT2D eigenvalue weighted by atomic mass is 10.1. The van der Waals surface area contributed by atoms with Crippen LogP contribution in [0.2, 0.25) is 5.02 Å². The van der Waals surface area contributed by atoms with Crippen LogP contribution in [0.1, 0.15) is 11.1 Å². The molecule has 0 fully saturated rings. The Morgan fingerprint density at radius 1 is 1.03 bits per heavy atom. The van der Waals surface area contributed by atoms with Gasteiger partial charge in [0.25, 0.3) is 0 Å². The van der Waals surface area contributed by atoms with Crippen molar-refractivity contribution >= 4 is 23.2 Å². The quantitative estimate of drug-likeness (QED) is 0.475. The number of carbonyl (C=O) groups excluding carboxylic acids is 1. The molecule has 0 unspecified atom stereocenters. The van der Waals surface area contributed by atoms with Gasteiger partial charge in [0.05, 0.1) is 31.2 Å². The SMILES string of the molecule is O=C(Cc1cccnc1)N(Cc1cc(F)cc(Cl)c1)c1ccc(-c2cnc[nH]2)cc1. The molecule has 0 spiro atoms. The maximum Gasteiger partial charge on any atom is 0.231 e. The summed E-state index contributed by atoms with van der Waals surface area (Å²) in [5, 5.41) is 0.291. The van der Waals surface area contributed by atoms with E-state index in [9.17, 15) is 9.18 Å². The summed E-state index contributed by atoms with van der Waals surface area (Å²) in [5.41, 5.74) is 3.94. The Hall–Kier alpha value is -3.51. The van der Waals surface area contributed by atoms with Crippen molar-refractivity contribution in [1.29, 1.82) is 0 Å². The van der Waals surface area contributed by atoms with Crippen molar-refractivity contribution in [2.75, 3.05) is 4.90 Å². The van der Waals surface area contributed by atoms with Gasteiger partial charge in [-0.3, -0.25) is 9.78 Å². The topological polar surface area (TPSA) is 61.9 Å². The normalized spacial score (nSPS) is 10.7. The molecule has 0 saturated heterocycles. The summed E-state index contributed by atoms with van der Waals surface area (Å²) in [4.78, 5) is 25.9. The zero-order valence-electron chi connectivity index (χ0n) is 15.9. The van der Waals surface area contributed by atoms with E-state index >= 15 is 0 Å². The first-order valence-electron chi connectivity index (χ1n) is 9.31. The first kappa shape index (κ1) is 19.8. The second-order valence-electron chi connectivity index (χ2n) is 6.81. The van der Waals surface area contributed by atoms with E-state index in [4.69, 9.17) is 11.6 Å². The molecule has 0 atom stereocenters. The largest absolute Gasteiger partial charge is 0.345 e. The molecule has 5 nitrogen and oxygen atoms in total. The number of rotatable bonds is 6. The van der Waals surface area contributed by atoms with E-state index in [-0.39, 0.29) is 18.9 Å². The van der Waals surface area contributed by atoms with Gasteiger partial charge in [-0.25, -0.2) is 9.37 Å². The van der Waals surface area contributed by atoms with Crippen molar-refractivity contribution < 1.29 is 9.18 Å². The predicted molar refractivity (Wildman–Crippen MR) is 115 cm³/mol. The minimum absolute atomic E-state index is 0.127. The standard InChI is InChI=1S/C23H18ClFN4O/c24-19-8-17(9-20(25)11-19)14-29(23(30)10-16-2-1-7-26-12-16)21-5-3-18(4-6-21)22-13-27-15-28-22/h1-9,11-13,15H,10,14H2,(H,27,28). The Morgan fingerprint density at radius 2 is 1.87 bits per heavy atom. The van der Waals surface area contributed by atoms with E-state index in [1.165, 1.54) is 12.1 Å². The van der Waals surface area contributed by atoms with Crippen LogP contribution in [0, 0.1) is 5.82 Å². The third-order valence-corrected chi connectivity index (χ3v) is 4.85. The highest BCUT2D eigenvalue weighted by Crippen LogP contribution is 2.25. The molecule has 0 aliphatic rings. The average molecular weight is 421 g/mol. The highest BCUT2D eigenvalue weighted by molar-refractivity contribution is 6.30. The minimum Gasteiger partial charge on any atom is -0.345 e. The smallest absolute Gasteiger partial charge is 0.231 e. The number of nitrogens with zero attached hydrogens (tertiary/aromatic N) is 3. The van der Waals surface area contributed by atoms with Crippen LogP contribution in [0.15, 0.2) is 79.5 Å². The van der Waals surface area contributed by atoms with Crippen LogP contribution >= 0.6 is 11.6 Å². The minimum atomic E-state index is -0.438. The molecule has 0 bridgehead atoms. The van der Waals surface area contributed by atoms with Gasteiger partial charge in [0.15, 0.2) is 0 Å². The van der Waals surface area contributed by atoms with E-state index in [1.54, 1.807) is 42.0 Å². The average Bonchev–Trinajstić information content (AvgIpc) is 3.27. The van der Waals surface area contributed by atoms with Crippen molar-refractivity contribution in [3.05, 3.63) is 101 Å². The van der Waals surface area contributed by atoms with Crippen molar-refractivity contribution in [2.24, 2.45) is 0 Å². The van der Waals surface area contributed by atoms with Gasteiger partial charge in [0.2, 0.25) is 5.91 Å². The van der Waals surface area contributed by atoms with Crippen LogP contribution in [0.3, 0.4) is 0 Å². The van der Waals surface area contributed by atoms with Crippen LogP contribution in [0.5, 0.6) is 0 Å². The number of carbonyl (C=O) groups is 1. The lowest BCUT2D eigenvalue weighted by Gasteiger charge is -2.24. The molecule has 2 heterocycles. The Labute approximate surface area is 178 Å². The summed E-state index contributed by atoms with van der Waals surface area (Å²) in [6, 6.07) is 15.5. The molecule has 4 rings (SSSR count). The Morgan fingerprint density at radius 3 is 2.53 bits per heavy atom. The van der Waals surface area contributed by atoms with E-state index in [2.05, 4.69) is 15.0 Å². The zero-order valence-corrected chi connectivity index (χ0v) is 16.7. The highest BCUT2D eigenvalue weighted by Gasteiger charge is 2.18. The fraction of sp³-hybridized carbons (Fsp3) is 0.0870. The van der Waals surface area contributed by atoms with Gasteiger partial charge in [-0.15, -0.1) is 0 Å². The monoisotopic (exact) mass is 420 g/mol. The van der Waals surface area contributed by atoms with Crippen LogP contribution < -0.4 is 4.90 Å². The van der Waals surface area contributed by atoms with E-state index in [1.807, 2.05) is 30.3 Å². The molecular weight excluding hydrogens is 403 g/mol. The summed E-state index contributed by atoms with van der Waals surface area (Å²) >= 11 is 6.01. The number of aromatic nitrogens is 3. The molecule has 0 saturated carbocycles. The summed E-state index contributed by atoms with van der Waals surface area (Å²) in [6.07, 6.45) is 6.85. The van der Waals surface area contributed by atoms with E-state index < -0.39 is 5.82 Å². The molecule has 0 aliphatic carbocycles. The second kappa shape index (κ2) is 8.88. The van der Waals surface area contributed by atoms with Crippen molar-refractivity contribution in [3.8, 4) is 11.3 Å². The van der Waals surface area contributed by atoms with E-state index in [0.717, 1.165) is 16.8 Å². The highest BCUT2D eigenvalue weighted by atomic mass is 35.5. The Kier molecular flexibility index (Phi) is 5.86. The molecule has 7 heteroatoms. The number of halogens is 2. The molecule has 30 heavy (non-hydrogen) atoms. The lowest BCUT2D eigenvalue weighted by Crippen LogP contribution is -2.31. The third-order valence-electron chi connectivity index (χ3n) is 4.63. The molecule has 1 amide bonds. The number of H-pyrrole nitrogens is 1. The molecule has 150 valence electrons. The number of pyridine rings is 1. The molecule has 4 aromatic rings. The van der Waals surface area contributed by atoms with Gasteiger partial charge >= 0.3 is 0 Å². The van der Waals surface area contributed by atoms with Gasteiger partial charge in [0.1, 0.15) is 5.82 Å². The maximum atomic E-state index is 13.8. The van der Waals surface area contributed by atoms with Crippen LogP contribution in [0.25, 0.3) is 11.3 Å². The van der Waals surface area contributed by atoms with Crippen LogP contribution in [-0.4, -0.2) is 20.9 Å². The number of hydrogen-bond donors (Lipinski definition) is 1. The number of imidazole rings is 1. The maximum absolute atomic E-state index is 13.8. The molecule has 0 radical (unpaired) electrons. The number of aromatic amines is 1. The van der Waals surface area contributed by atoms with Crippen molar-refractivity contribution in [1.82, 2.24) is 15.0 Å². The molecule has 0 aliphatic heterocycles. The van der Waals surface area contributed by atoms with Crippen molar-refractivity contribution in [3.63, 3.8) is 0 Å². The van der Waals surface area contributed by atoms with Gasteiger partial charge in [-0.2, -0.15) is 0 Å². The summed E-state index contributed by atoms with van der Waals surface area (Å²) in [5.74, 6) is -0.565. The summed E-state index contributed by atoms with van der Waals surface area (Å²) in [7, 11) is 0. The van der Waals surface area contributed by atoms with Gasteiger partial charge in [0, 0.05) is 23.1 Å². The first-order valence-corrected chi connectivity index (χ1v) is 9.69. The lowest BCUT2D eigenvalue weighted by molar-refractivity contribution is -0.118. The summed E-state index contributed by atoms with van der Waals surface area (Å²) < 4.78 is 13.8. The van der Waals surface area contributed by atoms with Crippen LogP contribution in [-0.2, 0) is 17.8 Å². The predicted octanol–water partition coefficient (Wildman–Crippen LogP) is 5.04. The Balaban J connectivity index is 1.64. The third kappa shape index (κ3) is 4.72. The molecule has 2 aromatic heterocycles. The zero-order chi connectivity index (χ0) is 20.9. The molecule has 2 aromatic carbocycles. The van der Waals surface area contributed by atoms with Crippen LogP contribution in [0.4, 0.5) is 10.1 Å². The van der Waals surface area contributed by atoms with Crippen molar-refractivity contribution in [2.45, 2.75) is 13.0 Å². The fourth-order valence-electron chi connectivity index (χ4n) is 3.22. The molecular formula is C23H18ClFN4O. The number of hydrogen-bond acceptors (Lipinski definition) is 3.